The zero-order valence-electron chi connectivity index (χ0n) is 10.1. The SMILES string of the molecule is Fc1cccc(-n2c(CCl)nc3cc(F)c(Br)cc32)c1. The van der Waals surface area contributed by atoms with Crippen molar-refractivity contribution in [1.29, 1.82) is 0 Å². The van der Waals surface area contributed by atoms with Crippen LogP contribution in [-0.4, -0.2) is 9.55 Å². The Morgan fingerprint density at radius 1 is 1.20 bits per heavy atom. The number of nitrogens with zero attached hydrogens (tertiary/aromatic N) is 2. The lowest BCUT2D eigenvalue weighted by Crippen LogP contribution is -1.99. The summed E-state index contributed by atoms with van der Waals surface area (Å²) < 4.78 is 29.0. The molecule has 3 aromatic rings. The van der Waals surface area contributed by atoms with Crippen LogP contribution < -0.4 is 0 Å². The summed E-state index contributed by atoms with van der Waals surface area (Å²) in [5.74, 6) is -0.0805. The third-order valence-electron chi connectivity index (χ3n) is 2.95. The van der Waals surface area contributed by atoms with E-state index in [-0.39, 0.29) is 11.7 Å². The first-order chi connectivity index (χ1) is 9.60. The molecule has 0 N–H and O–H groups in total. The normalized spacial score (nSPS) is 11.2. The molecule has 0 saturated carbocycles. The standard InChI is InChI=1S/C14H8BrClF2N2/c15-10-5-13-12(6-11(10)18)19-14(7-16)20(13)9-3-1-2-8(17)4-9/h1-6H,7H2. The van der Waals surface area contributed by atoms with Crippen molar-refractivity contribution in [1.82, 2.24) is 9.55 Å². The second-order valence-electron chi connectivity index (χ2n) is 4.23. The predicted molar refractivity (Wildman–Crippen MR) is 78.2 cm³/mol. The van der Waals surface area contributed by atoms with E-state index in [1.807, 2.05) is 0 Å². The van der Waals surface area contributed by atoms with Crippen LogP contribution in [0, 0.1) is 11.6 Å². The average Bonchev–Trinajstić information content (AvgIpc) is 2.77. The van der Waals surface area contributed by atoms with Gasteiger partial charge >= 0.3 is 0 Å². The van der Waals surface area contributed by atoms with Crippen molar-refractivity contribution in [2.75, 3.05) is 0 Å². The van der Waals surface area contributed by atoms with Gasteiger partial charge in [-0.15, -0.1) is 11.6 Å². The fraction of sp³-hybridized carbons (Fsp3) is 0.0714. The van der Waals surface area contributed by atoms with Crippen molar-refractivity contribution >= 4 is 38.6 Å². The summed E-state index contributed by atoms with van der Waals surface area (Å²) in [4.78, 5) is 4.29. The van der Waals surface area contributed by atoms with E-state index in [1.165, 1.54) is 18.2 Å². The number of halogens is 4. The summed E-state index contributed by atoms with van der Waals surface area (Å²) in [7, 11) is 0. The Bertz CT molecular complexity index is 801. The minimum atomic E-state index is -0.400. The Balaban J connectivity index is 2.35. The van der Waals surface area contributed by atoms with E-state index < -0.39 is 5.82 Å². The first-order valence-corrected chi connectivity index (χ1v) is 7.11. The Morgan fingerprint density at radius 2 is 2.00 bits per heavy atom. The molecule has 102 valence electrons. The van der Waals surface area contributed by atoms with Crippen LogP contribution in [0.5, 0.6) is 0 Å². The van der Waals surface area contributed by atoms with E-state index in [4.69, 9.17) is 11.6 Å². The highest BCUT2D eigenvalue weighted by Gasteiger charge is 2.14. The highest BCUT2D eigenvalue weighted by atomic mass is 79.9. The molecule has 0 bridgehead atoms. The fourth-order valence-corrected chi connectivity index (χ4v) is 2.63. The summed E-state index contributed by atoms with van der Waals surface area (Å²) in [6, 6.07) is 9.03. The first kappa shape index (κ1) is 13.5. The number of fused-ring (bicyclic) bond motifs is 1. The van der Waals surface area contributed by atoms with Crippen LogP contribution in [0.3, 0.4) is 0 Å². The minimum absolute atomic E-state index is 0.143. The molecule has 1 heterocycles. The van der Waals surface area contributed by atoms with Gasteiger partial charge in [0.15, 0.2) is 0 Å². The molecule has 20 heavy (non-hydrogen) atoms. The van der Waals surface area contributed by atoms with Crippen LogP contribution in [0.1, 0.15) is 5.82 Å². The van der Waals surface area contributed by atoms with Crippen molar-refractivity contribution in [2.45, 2.75) is 5.88 Å². The van der Waals surface area contributed by atoms with Gasteiger partial charge in [-0.25, -0.2) is 13.8 Å². The molecule has 2 nitrogen and oxygen atoms in total. The highest BCUT2D eigenvalue weighted by molar-refractivity contribution is 9.10. The maximum Gasteiger partial charge on any atom is 0.139 e. The lowest BCUT2D eigenvalue weighted by Gasteiger charge is -2.08. The molecule has 0 amide bonds. The van der Waals surface area contributed by atoms with Gasteiger partial charge < -0.3 is 0 Å². The predicted octanol–water partition coefficient (Wildman–Crippen LogP) is 4.81. The molecule has 0 spiro atoms. The Kier molecular flexibility index (Phi) is 3.48. The van der Waals surface area contributed by atoms with Gasteiger partial charge in [0.2, 0.25) is 0 Å². The molecule has 0 aliphatic carbocycles. The van der Waals surface area contributed by atoms with Gasteiger partial charge in [-0.3, -0.25) is 4.57 Å². The molecule has 2 aromatic carbocycles. The third-order valence-corrected chi connectivity index (χ3v) is 3.80. The molecule has 6 heteroatoms. The highest BCUT2D eigenvalue weighted by Crippen LogP contribution is 2.27. The van der Waals surface area contributed by atoms with Crippen molar-refractivity contribution in [2.24, 2.45) is 0 Å². The molecular formula is C14H8BrClF2N2. The monoisotopic (exact) mass is 356 g/mol. The summed E-state index contributed by atoms with van der Waals surface area (Å²) >= 11 is 9.04. The number of imidazole rings is 1. The van der Waals surface area contributed by atoms with E-state index in [1.54, 1.807) is 22.8 Å². The molecule has 0 aliphatic rings. The molecule has 3 rings (SSSR count). The number of rotatable bonds is 2. The van der Waals surface area contributed by atoms with Gasteiger partial charge in [0, 0.05) is 6.07 Å². The summed E-state index contributed by atoms with van der Waals surface area (Å²) in [5, 5.41) is 0. The zero-order valence-corrected chi connectivity index (χ0v) is 12.4. The Labute approximate surface area is 127 Å². The minimum Gasteiger partial charge on any atom is -0.295 e. The van der Waals surface area contributed by atoms with E-state index in [0.717, 1.165) is 0 Å². The number of hydrogen-bond donors (Lipinski definition) is 0. The van der Waals surface area contributed by atoms with Crippen molar-refractivity contribution < 1.29 is 8.78 Å². The van der Waals surface area contributed by atoms with Crippen LogP contribution in [0.25, 0.3) is 16.7 Å². The van der Waals surface area contributed by atoms with Crippen LogP contribution in [-0.2, 0) is 5.88 Å². The molecule has 0 aliphatic heterocycles. The quantitative estimate of drug-likeness (QED) is 0.602. The summed E-state index contributed by atoms with van der Waals surface area (Å²) in [5.41, 5.74) is 1.74. The van der Waals surface area contributed by atoms with Gasteiger partial charge in [-0.05, 0) is 40.2 Å². The molecule has 0 radical (unpaired) electrons. The van der Waals surface area contributed by atoms with Gasteiger partial charge in [-0.2, -0.15) is 0 Å². The van der Waals surface area contributed by atoms with Gasteiger partial charge in [-0.1, -0.05) is 6.07 Å². The molecule has 1 aromatic heterocycles. The van der Waals surface area contributed by atoms with Crippen molar-refractivity contribution in [3.63, 3.8) is 0 Å². The molecule has 0 unspecified atom stereocenters. The van der Waals surface area contributed by atoms with Crippen LogP contribution >= 0.6 is 27.5 Å². The lowest BCUT2D eigenvalue weighted by atomic mass is 10.2. The number of benzene rings is 2. The van der Waals surface area contributed by atoms with Crippen molar-refractivity contribution in [3.05, 3.63) is 58.3 Å². The number of hydrogen-bond acceptors (Lipinski definition) is 1. The Hall–Kier alpha value is -1.46. The summed E-state index contributed by atoms with van der Waals surface area (Å²) in [6.45, 7) is 0. The van der Waals surface area contributed by atoms with Gasteiger partial charge in [0.05, 0.1) is 27.1 Å². The fourth-order valence-electron chi connectivity index (χ4n) is 2.12. The topological polar surface area (TPSA) is 17.8 Å². The van der Waals surface area contributed by atoms with Crippen molar-refractivity contribution in [3.8, 4) is 5.69 Å². The lowest BCUT2D eigenvalue weighted by molar-refractivity contribution is 0.622. The average molecular weight is 358 g/mol. The Morgan fingerprint density at radius 3 is 2.70 bits per heavy atom. The van der Waals surface area contributed by atoms with Gasteiger partial charge in [0.25, 0.3) is 0 Å². The number of alkyl halides is 1. The van der Waals surface area contributed by atoms with Crippen LogP contribution in [0.4, 0.5) is 8.78 Å². The van der Waals surface area contributed by atoms with E-state index >= 15 is 0 Å². The number of aromatic nitrogens is 2. The van der Waals surface area contributed by atoms with E-state index in [2.05, 4.69) is 20.9 Å². The van der Waals surface area contributed by atoms with E-state index in [9.17, 15) is 8.78 Å². The van der Waals surface area contributed by atoms with E-state index in [0.29, 0.717) is 27.0 Å². The second-order valence-corrected chi connectivity index (χ2v) is 5.35. The van der Waals surface area contributed by atoms with Gasteiger partial charge in [0.1, 0.15) is 17.5 Å². The third kappa shape index (κ3) is 2.21. The zero-order chi connectivity index (χ0) is 14.3. The molecule has 0 atom stereocenters. The first-order valence-electron chi connectivity index (χ1n) is 5.78. The molecular weight excluding hydrogens is 350 g/mol. The van der Waals surface area contributed by atoms with Crippen LogP contribution in [0.15, 0.2) is 40.9 Å². The van der Waals surface area contributed by atoms with Crippen LogP contribution in [0.2, 0.25) is 0 Å². The maximum absolute atomic E-state index is 13.6. The smallest absolute Gasteiger partial charge is 0.139 e. The molecule has 0 saturated heterocycles. The second kappa shape index (κ2) is 5.14. The summed E-state index contributed by atoms with van der Waals surface area (Å²) in [6.07, 6.45) is 0. The largest absolute Gasteiger partial charge is 0.295 e. The molecule has 0 fully saturated rings. The maximum atomic E-state index is 13.6.